The Balaban J connectivity index is 2.70. The van der Waals surface area contributed by atoms with Crippen molar-refractivity contribution in [2.24, 2.45) is 7.05 Å². The summed E-state index contributed by atoms with van der Waals surface area (Å²) in [5.74, 6) is 0.223. The zero-order valence-electron chi connectivity index (χ0n) is 8.27. The van der Waals surface area contributed by atoms with Crippen LogP contribution in [0.15, 0.2) is 21.3 Å². The average Bonchev–Trinajstić information content (AvgIpc) is 2.61. The van der Waals surface area contributed by atoms with E-state index in [1.165, 1.54) is 4.57 Å². The van der Waals surface area contributed by atoms with Crippen LogP contribution in [0, 0.1) is 11.8 Å². The van der Waals surface area contributed by atoms with Crippen molar-refractivity contribution < 1.29 is 4.42 Å². The highest BCUT2D eigenvalue weighted by Gasteiger charge is 2.10. The summed E-state index contributed by atoms with van der Waals surface area (Å²) in [6, 6.07) is 3.50. The second-order valence-corrected chi connectivity index (χ2v) is 3.54. The highest BCUT2D eigenvalue weighted by atomic mass is 32.1. The lowest BCUT2D eigenvalue weighted by Gasteiger charge is -2.03. The highest BCUT2D eigenvalue weighted by molar-refractivity contribution is 7.71. The van der Waals surface area contributed by atoms with E-state index in [4.69, 9.17) is 16.6 Å². The van der Waals surface area contributed by atoms with Gasteiger partial charge in [0.15, 0.2) is 0 Å². The van der Waals surface area contributed by atoms with Gasteiger partial charge < -0.3 is 8.98 Å². The monoisotopic (exact) mass is 223 g/mol. The molecule has 0 aliphatic heterocycles. The molecular weight excluding hydrogens is 214 g/mol. The average molecular weight is 223 g/mol. The Bertz CT molecular complexity index is 608. The van der Waals surface area contributed by atoms with E-state index in [9.17, 15) is 4.79 Å². The first-order valence-corrected chi connectivity index (χ1v) is 4.73. The molecule has 15 heavy (non-hydrogen) atoms. The maximum atomic E-state index is 11.8. The van der Waals surface area contributed by atoms with Gasteiger partial charge in [0.1, 0.15) is 5.56 Å². The number of pyridine rings is 1. The second-order valence-electron chi connectivity index (χ2n) is 3.17. The molecular formula is C9H9N3O2S. The van der Waals surface area contributed by atoms with Crippen molar-refractivity contribution in [3.63, 3.8) is 0 Å². The van der Waals surface area contributed by atoms with Crippen LogP contribution in [0.1, 0.15) is 5.69 Å². The van der Waals surface area contributed by atoms with Crippen LogP contribution in [-0.2, 0) is 7.05 Å². The van der Waals surface area contributed by atoms with E-state index in [2.05, 4.69) is 10.2 Å². The lowest BCUT2D eigenvalue weighted by molar-refractivity contribution is 0.550. The summed E-state index contributed by atoms with van der Waals surface area (Å²) in [6.45, 7) is 1.85. The number of aromatic amines is 1. The lowest BCUT2D eigenvalue weighted by Crippen LogP contribution is -2.20. The van der Waals surface area contributed by atoms with Gasteiger partial charge in [-0.3, -0.25) is 4.79 Å². The maximum absolute atomic E-state index is 11.8. The summed E-state index contributed by atoms with van der Waals surface area (Å²) < 4.78 is 6.61. The summed E-state index contributed by atoms with van der Waals surface area (Å²) in [7, 11) is 1.70. The Morgan fingerprint density at radius 1 is 1.53 bits per heavy atom. The third-order valence-corrected chi connectivity index (χ3v) is 2.40. The van der Waals surface area contributed by atoms with E-state index in [0.717, 1.165) is 5.69 Å². The van der Waals surface area contributed by atoms with Crippen molar-refractivity contribution in [2.75, 3.05) is 0 Å². The molecule has 0 amide bonds. The molecule has 1 N–H and O–H groups in total. The molecule has 0 atom stereocenters. The Hall–Kier alpha value is -1.69. The van der Waals surface area contributed by atoms with E-state index in [1.807, 2.05) is 13.0 Å². The van der Waals surface area contributed by atoms with E-state index in [1.54, 1.807) is 13.1 Å². The van der Waals surface area contributed by atoms with E-state index >= 15 is 0 Å². The fourth-order valence-electron chi connectivity index (χ4n) is 1.24. The van der Waals surface area contributed by atoms with Gasteiger partial charge in [0, 0.05) is 12.7 Å². The number of nitrogens with one attached hydrogen (secondary N) is 1. The van der Waals surface area contributed by atoms with Gasteiger partial charge in [-0.05, 0) is 31.3 Å². The van der Waals surface area contributed by atoms with Crippen LogP contribution in [0.4, 0.5) is 0 Å². The van der Waals surface area contributed by atoms with Crippen LogP contribution in [0.5, 0.6) is 0 Å². The van der Waals surface area contributed by atoms with Crippen molar-refractivity contribution in [1.29, 1.82) is 0 Å². The normalized spacial score (nSPS) is 10.5. The van der Waals surface area contributed by atoms with Crippen LogP contribution < -0.4 is 5.56 Å². The van der Waals surface area contributed by atoms with Crippen LogP contribution in [-0.4, -0.2) is 14.8 Å². The predicted molar refractivity (Wildman–Crippen MR) is 57.1 cm³/mol. The van der Waals surface area contributed by atoms with Crippen LogP contribution in [0.25, 0.3) is 11.5 Å². The van der Waals surface area contributed by atoms with Gasteiger partial charge in [0.05, 0.1) is 0 Å². The molecule has 6 heteroatoms. The zero-order chi connectivity index (χ0) is 11.0. The van der Waals surface area contributed by atoms with E-state index in [-0.39, 0.29) is 16.3 Å². The van der Waals surface area contributed by atoms with E-state index < -0.39 is 0 Å². The summed E-state index contributed by atoms with van der Waals surface area (Å²) >= 11 is 4.74. The number of hydrogen-bond acceptors (Lipinski definition) is 4. The lowest BCUT2D eigenvalue weighted by atomic mass is 10.2. The molecule has 2 aromatic rings. The molecule has 2 aromatic heterocycles. The van der Waals surface area contributed by atoms with Gasteiger partial charge in [-0.25, -0.2) is 5.10 Å². The van der Waals surface area contributed by atoms with Crippen molar-refractivity contribution in [3.05, 3.63) is 33.0 Å². The molecule has 0 saturated carbocycles. The van der Waals surface area contributed by atoms with Crippen LogP contribution in [0.2, 0.25) is 0 Å². The topological polar surface area (TPSA) is 63.8 Å². The van der Waals surface area contributed by atoms with Gasteiger partial charge in [0.25, 0.3) is 16.3 Å². The molecule has 0 bridgehead atoms. The van der Waals surface area contributed by atoms with Gasteiger partial charge in [-0.15, -0.1) is 5.10 Å². The summed E-state index contributed by atoms with van der Waals surface area (Å²) in [5, 5.41) is 6.29. The minimum atomic E-state index is -0.153. The number of aromatic nitrogens is 3. The van der Waals surface area contributed by atoms with Crippen LogP contribution in [0.3, 0.4) is 0 Å². The molecule has 0 spiro atoms. The Labute approximate surface area is 90.4 Å². The molecule has 0 aliphatic carbocycles. The predicted octanol–water partition coefficient (Wildman–Crippen LogP) is 1.41. The summed E-state index contributed by atoms with van der Waals surface area (Å²) in [5.41, 5.74) is 1.12. The smallest absolute Gasteiger partial charge is 0.284 e. The van der Waals surface area contributed by atoms with Gasteiger partial charge in [-0.2, -0.15) is 0 Å². The minimum Gasteiger partial charge on any atom is -0.409 e. The quantitative estimate of drug-likeness (QED) is 0.742. The van der Waals surface area contributed by atoms with Crippen LogP contribution >= 0.6 is 12.2 Å². The first-order valence-electron chi connectivity index (χ1n) is 4.32. The number of H-pyrrole nitrogens is 1. The third-order valence-electron chi connectivity index (χ3n) is 2.22. The second kappa shape index (κ2) is 3.47. The van der Waals surface area contributed by atoms with Crippen molar-refractivity contribution in [2.45, 2.75) is 6.92 Å². The molecule has 2 rings (SSSR count). The van der Waals surface area contributed by atoms with Gasteiger partial charge >= 0.3 is 0 Å². The van der Waals surface area contributed by atoms with Crippen molar-refractivity contribution in [3.8, 4) is 11.5 Å². The molecule has 78 valence electrons. The molecule has 5 nitrogen and oxygen atoms in total. The SMILES string of the molecule is Cc1ccc(-c2n[nH]c(=S)o2)c(=O)n1C. The van der Waals surface area contributed by atoms with Gasteiger partial charge in [0.2, 0.25) is 0 Å². The first-order chi connectivity index (χ1) is 7.09. The fourth-order valence-corrected chi connectivity index (χ4v) is 1.36. The summed E-state index contributed by atoms with van der Waals surface area (Å²) in [4.78, 5) is 12.0. The minimum absolute atomic E-state index is 0.153. The molecule has 0 saturated heterocycles. The molecule has 0 aliphatic rings. The van der Waals surface area contributed by atoms with E-state index in [0.29, 0.717) is 5.56 Å². The number of nitrogens with zero attached hydrogens (tertiary/aromatic N) is 2. The molecule has 0 radical (unpaired) electrons. The number of rotatable bonds is 1. The molecule has 0 fully saturated rings. The molecule has 0 aromatic carbocycles. The number of aryl methyl sites for hydroxylation is 1. The molecule has 2 heterocycles. The number of hydrogen-bond donors (Lipinski definition) is 1. The Kier molecular flexibility index (Phi) is 2.28. The molecule has 0 unspecified atom stereocenters. The van der Waals surface area contributed by atoms with Crippen molar-refractivity contribution in [1.82, 2.24) is 14.8 Å². The Morgan fingerprint density at radius 3 is 2.87 bits per heavy atom. The zero-order valence-corrected chi connectivity index (χ0v) is 9.09. The fraction of sp³-hybridized carbons (Fsp3) is 0.222. The standard InChI is InChI=1S/C9H9N3O2S/c1-5-3-4-6(8(13)12(5)2)7-10-11-9(15)14-7/h3-4H,1-2H3,(H,11,15). The van der Waals surface area contributed by atoms with Gasteiger partial charge in [-0.1, -0.05) is 0 Å². The maximum Gasteiger partial charge on any atom is 0.284 e. The largest absolute Gasteiger partial charge is 0.409 e. The summed E-state index contributed by atoms with van der Waals surface area (Å²) in [6.07, 6.45) is 0. The Morgan fingerprint density at radius 2 is 2.27 bits per heavy atom. The van der Waals surface area contributed by atoms with Crippen molar-refractivity contribution >= 4 is 12.2 Å². The first kappa shape index (κ1) is 9.85. The third kappa shape index (κ3) is 1.63. The highest BCUT2D eigenvalue weighted by Crippen LogP contribution is 2.11.